The van der Waals surface area contributed by atoms with Crippen molar-refractivity contribution >= 4 is 0 Å². The summed E-state index contributed by atoms with van der Waals surface area (Å²) in [5.74, 6) is 0.211. The minimum Gasteiger partial charge on any atom is -0.506 e. The molecule has 2 N–H and O–H groups in total. The fourth-order valence-corrected chi connectivity index (χ4v) is 0.731. The van der Waals surface area contributed by atoms with Crippen molar-refractivity contribution in [3.8, 4) is 5.75 Å². The topological polar surface area (TPSA) is 66.0 Å². The number of hydrogen-bond donors (Lipinski definition) is 2. The van der Waals surface area contributed by atoms with Crippen LogP contribution in [-0.2, 0) is 0 Å². The van der Waals surface area contributed by atoms with Crippen molar-refractivity contribution in [2.75, 3.05) is 0 Å². The summed E-state index contributed by atoms with van der Waals surface area (Å²) < 4.78 is 0. The highest BCUT2D eigenvalue weighted by Crippen LogP contribution is 1.99. The lowest BCUT2D eigenvalue weighted by molar-refractivity contribution is 0.472. The minimum atomic E-state index is -0.0532. The molecule has 0 saturated heterocycles. The van der Waals surface area contributed by atoms with Crippen LogP contribution in [0.1, 0.15) is 0 Å². The van der Waals surface area contributed by atoms with Crippen molar-refractivity contribution in [2.24, 2.45) is 0 Å². The van der Waals surface area contributed by atoms with Crippen LogP contribution in [0.2, 0.25) is 0 Å². The van der Waals surface area contributed by atoms with Crippen LogP contribution >= 0.6 is 0 Å². The minimum absolute atomic E-state index is 0.0532. The summed E-state index contributed by atoms with van der Waals surface area (Å²) >= 11 is 0. The van der Waals surface area contributed by atoms with E-state index < -0.39 is 0 Å². The second-order valence-electron chi connectivity index (χ2n) is 2.44. The van der Waals surface area contributed by atoms with Gasteiger partial charge in [0.15, 0.2) is 0 Å². The number of aromatic nitrogens is 2. The quantitative estimate of drug-likeness (QED) is 0.655. The van der Waals surface area contributed by atoms with Gasteiger partial charge < -0.3 is 10.1 Å². The van der Waals surface area contributed by atoms with Gasteiger partial charge in [0, 0.05) is 18.5 Å². The van der Waals surface area contributed by atoms with Gasteiger partial charge in [0.05, 0.1) is 6.20 Å². The van der Waals surface area contributed by atoms with E-state index in [4.69, 9.17) is 5.11 Å². The summed E-state index contributed by atoms with van der Waals surface area (Å²) in [6.07, 6.45) is 4.60. The average molecular weight is 190 g/mol. The molecule has 2 aromatic heterocycles. The third-order valence-electron chi connectivity index (χ3n) is 1.33. The van der Waals surface area contributed by atoms with Gasteiger partial charge in [-0.2, -0.15) is 0 Å². The first-order valence-electron chi connectivity index (χ1n) is 4.02. The first-order chi connectivity index (χ1) is 6.79. The summed E-state index contributed by atoms with van der Waals surface area (Å²) in [5, 5.41) is 8.57. The molecule has 0 saturated carbocycles. The largest absolute Gasteiger partial charge is 0.506 e. The predicted molar refractivity (Wildman–Crippen MR) is 53.0 cm³/mol. The summed E-state index contributed by atoms with van der Waals surface area (Å²) in [6.45, 7) is 0. The van der Waals surface area contributed by atoms with E-state index in [1.807, 2.05) is 0 Å². The van der Waals surface area contributed by atoms with Gasteiger partial charge in [-0.05, 0) is 18.2 Å². The lowest BCUT2D eigenvalue weighted by Gasteiger charge is -1.81. The van der Waals surface area contributed by atoms with Crippen LogP contribution in [0.4, 0.5) is 0 Å². The lowest BCUT2D eigenvalue weighted by Crippen LogP contribution is -1.98. The molecule has 72 valence electrons. The third-order valence-corrected chi connectivity index (χ3v) is 1.33. The van der Waals surface area contributed by atoms with Gasteiger partial charge in [0.2, 0.25) is 5.56 Å². The molecule has 0 unspecified atom stereocenters. The van der Waals surface area contributed by atoms with Crippen molar-refractivity contribution in [2.45, 2.75) is 0 Å². The smallest absolute Gasteiger partial charge is 0.247 e. The normalized spacial score (nSPS) is 8.57. The molecule has 0 fully saturated rings. The van der Waals surface area contributed by atoms with Crippen LogP contribution < -0.4 is 5.56 Å². The van der Waals surface area contributed by atoms with E-state index in [0.29, 0.717) is 0 Å². The monoisotopic (exact) mass is 190 g/mol. The summed E-state index contributed by atoms with van der Waals surface area (Å²) in [4.78, 5) is 16.3. The molecule has 2 heterocycles. The molecule has 0 aliphatic heterocycles. The standard InChI is InChI=1S/2C5H5NO/c7-5-2-1-3-6-4-5;7-5-3-1-2-4-6-5/h1-4,7H;1-4H,(H,6,7). The van der Waals surface area contributed by atoms with Crippen LogP contribution in [0, 0.1) is 0 Å². The maximum atomic E-state index is 10.2. The highest BCUT2D eigenvalue weighted by atomic mass is 16.3. The number of nitrogens with one attached hydrogen (secondary N) is 1. The molecular formula is C10H10N2O2. The van der Waals surface area contributed by atoms with Crippen molar-refractivity contribution in [3.63, 3.8) is 0 Å². The third kappa shape index (κ3) is 4.06. The molecule has 0 aliphatic rings. The summed E-state index contributed by atoms with van der Waals surface area (Å²) in [5.41, 5.74) is -0.0532. The molecule has 14 heavy (non-hydrogen) atoms. The zero-order valence-corrected chi connectivity index (χ0v) is 7.42. The maximum Gasteiger partial charge on any atom is 0.247 e. The number of H-pyrrole nitrogens is 1. The molecule has 2 aromatic rings. The maximum absolute atomic E-state index is 10.2. The van der Waals surface area contributed by atoms with E-state index in [0.717, 1.165) is 0 Å². The molecule has 4 nitrogen and oxygen atoms in total. The highest BCUT2D eigenvalue weighted by molar-refractivity contribution is 5.12. The number of nitrogens with zero attached hydrogens (tertiary/aromatic N) is 1. The van der Waals surface area contributed by atoms with Crippen LogP contribution in [0.25, 0.3) is 0 Å². The molecule has 4 heteroatoms. The molecule has 0 radical (unpaired) electrons. The molecular weight excluding hydrogens is 180 g/mol. The number of rotatable bonds is 0. The highest BCUT2D eigenvalue weighted by Gasteiger charge is 1.76. The molecule has 0 atom stereocenters. The predicted octanol–water partition coefficient (Wildman–Crippen LogP) is 1.16. The Balaban J connectivity index is 0.000000140. The van der Waals surface area contributed by atoms with Gasteiger partial charge in [-0.1, -0.05) is 6.07 Å². The van der Waals surface area contributed by atoms with Gasteiger partial charge in [-0.15, -0.1) is 0 Å². The van der Waals surface area contributed by atoms with E-state index in [-0.39, 0.29) is 11.3 Å². The number of hydrogen-bond acceptors (Lipinski definition) is 3. The Labute approximate surface area is 80.9 Å². The summed E-state index contributed by atoms with van der Waals surface area (Å²) in [6, 6.07) is 8.18. The summed E-state index contributed by atoms with van der Waals surface area (Å²) in [7, 11) is 0. The second kappa shape index (κ2) is 5.53. The van der Waals surface area contributed by atoms with Gasteiger partial charge >= 0.3 is 0 Å². The molecule has 0 bridgehead atoms. The lowest BCUT2D eigenvalue weighted by atomic mass is 10.5. The number of aromatic hydroxyl groups is 1. The Morgan fingerprint density at radius 1 is 1.21 bits per heavy atom. The van der Waals surface area contributed by atoms with Crippen molar-refractivity contribution < 1.29 is 5.11 Å². The van der Waals surface area contributed by atoms with E-state index in [2.05, 4.69) is 9.97 Å². The Morgan fingerprint density at radius 2 is 2.07 bits per heavy atom. The van der Waals surface area contributed by atoms with Crippen molar-refractivity contribution in [3.05, 3.63) is 59.3 Å². The van der Waals surface area contributed by atoms with Gasteiger partial charge in [0.1, 0.15) is 5.75 Å². The Kier molecular flexibility index (Phi) is 3.94. The van der Waals surface area contributed by atoms with Crippen LogP contribution in [0.15, 0.2) is 53.7 Å². The first kappa shape index (κ1) is 9.98. The second-order valence-corrected chi connectivity index (χ2v) is 2.44. The van der Waals surface area contributed by atoms with E-state index >= 15 is 0 Å². The van der Waals surface area contributed by atoms with Crippen LogP contribution in [0.3, 0.4) is 0 Å². The molecule has 2 rings (SSSR count). The molecule has 0 amide bonds. The molecule has 0 aromatic carbocycles. The molecule has 0 aliphatic carbocycles. The van der Waals surface area contributed by atoms with E-state index in [1.165, 1.54) is 12.3 Å². The Hall–Kier alpha value is -2.10. The number of pyridine rings is 2. The van der Waals surface area contributed by atoms with Crippen molar-refractivity contribution in [1.82, 2.24) is 9.97 Å². The van der Waals surface area contributed by atoms with E-state index in [1.54, 1.807) is 36.7 Å². The zero-order valence-electron chi connectivity index (χ0n) is 7.42. The first-order valence-corrected chi connectivity index (χ1v) is 4.02. The van der Waals surface area contributed by atoms with E-state index in [9.17, 15) is 4.79 Å². The van der Waals surface area contributed by atoms with Crippen LogP contribution in [0.5, 0.6) is 5.75 Å². The van der Waals surface area contributed by atoms with Gasteiger partial charge in [0.25, 0.3) is 0 Å². The number of aromatic amines is 1. The Bertz CT molecular complexity index is 394. The zero-order chi connectivity index (χ0) is 10.2. The van der Waals surface area contributed by atoms with Crippen molar-refractivity contribution in [1.29, 1.82) is 0 Å². The average Bonchev–Trinajstić information content (AvgIpc) is 2.21. The Morgan fingerprint density at radius 3 is 2.36 bits per heavy atom. The van der Waals surface area contributed by atoms with Gasteiger partial charge in [-0.3, -0.25) is 9.78 Å². The van der Waals surface area contributed by atoms with Gasteiger partial charge in [-0.25, -0.2) is 0 Å². The SMILES string of the molecule is O=c1cccc[nH]1.Oc1cccnc1. The molecule has 0 spiro atoms. The fraction of sp³-hybridized carbons (Fsp3) is 0. The fourth-order valence-electron chi connectivity index (χ4n) is 0.731. The van der Waals surface area contributed by atoms with Crippen LogP contribution in [-0.4, -0.2) is 15.1 Å².